The van der Waals surface area contributed by atoms with Crippen molar-refractivity contribution in [3.63, 3.8) is 0 Å². The molecule has 3 aromatic rings. The molecule has 0 saturated heterocycles. The lowest BCUT2D eigenvalue weighted by Crippen LogP contribution is -2.50. The lowest BCUT2D eigenvalue weighted by Gasteiger charge is -2.39. The average molecular weight is 501 g/mol. The Labute approximate surface area is 195 Å². The van der Waals surface area contributed by atoms with Gasteiger partial charge in [0.25, 0.3) is 0 Å². The Balaban J connectivity index is 2.34. The van der Waals surface area contributed by atoms with Crippen molar-refractivity contribution in [2.75, 3.05) is 6.54 Å². The van der Waals surface area contributed by atoms with Crippen LogP contribution < -0.4 is 5.32 Å². The van der Waals surface area contributed by atoms with E-state index in [1.807, 2.05) is 0 Å². The normalized spacial score (nSPS) is 14.9. The summed E-state index contributed by atoms with van der Waals surface area (Å²) in [6, 6.07) is 13.5. The van der Waals surface area contributed by atoms with E-state index in [2.05, 4.69) is 11.9 Å². The summed E-state index contributed by atoms with van der Waals surface area (Å²) in [5.41, 5.74) is -3.75. The molecule has 3 aromatic carbocycles. The molecule has 35 heavy (non-hydrogen) atoms. The Kier molecular flexibility index (Phi) is 7.37. The summed E-state index contributed by atoms with van der Waals surface area (Å²) in [5, 5.41) is 12.1. The van der Waals surface area contributed by atoms with Gasteiger partial charge in [-0.05, 0) is 52.6 Å². The maximum Gasteiger partial charge on any atom is 0.416 e. The van der Waals surface area contributed by atoms with Gasteiger partial charge in [-0.1, -0.05) is 49.0 Å². The van der Waals surface area contributed by atoms with Gasteiger partial charge in [-0.2, -0.15) is 26.3 Å². The van der Waals surface area contributed by atoms with Crippen molar-refractivity contribution in [2.24, 2.45) is 0 Å². The maximum absolute atomic E-state index is 14.5. The molecule has 2 atom stereocenters. The van der Waals surface area contributed by atoms with Crippen LogP contribution in [0.25, 0.3) is 5.57 Å². The van der Waals surface area contributed by atoms with E-state index in [0.29, 0.717) is 11.6 Å². The van der Waals surface area contributed by atoms with Gasteiger partial charge in [-0.15, -0.1) is 0 Å². The molecule has 0 spiro atoms. The number of nitrogens with one attached hydrogen (secondary N) is 1. The molecule has 0 bridgehead atoms. The zero-order valence-corrected chi connectivity index (χ0v) is 17.9. The van der Waals surface area contributed by atoms with Crippen molar-refractivity contribution in [2.45, 2.75) is 24.0 Å². The van der Waals surface area contributed by atoms with Crippen molar-refractivity contribution in [3.05, 3.63) is 113 Å². The highest BCUT2D eigenvalue weighted by Crippen LogP contribution is 2.43. The quantitative estimate of drug-likeness (QED) is 0.365. The van der Waals surface area contributed by atoms with Crippen LogP contribution in [0, 0.1) is 11.6 Å². The molecule has 0 radical (unpaired) electrons. The van der Waals surface area contributed by atoms with E-state index in [1.165, 1.54) is 12.1 Å². The molecule has 10 heteroatoms. The first-order chi connectivity index (χ1) is 16.2. The van der Waals surface area contributed by atoms with E-state index in [-0.39, 0.29) is 17.2 Å². The van der Waals surface area contributed by atoms with Gasteiger partial charge in [-0.3, -0.25) is 5.32 Å². The molecular weight excluding hydrogens is 482 g/mol. The van der Waals surface area contributed by atoms with Crippen LogP contribution in [0.1, 0.15) is 22.3 Å². The summed E-state index contributed by atoms with van der Waals surface area (Å²) in [6.45, 7) is 2.72. The summed E-state index contributed by atoms with van der Waals surface area (Å²) >= 11 is 0. The lowest BCUT2D eigenvalue weighted by atomic mass is 9.74. The third kappa shape index (κ3) is 5.71. The number of alkyl halides is 6. The van der Waals surface area contributed by atoms with Gasteiger partial charge in [0.2, 0.25) is 0 Å². The molecule has 2 N–H and O–H groups in total. The summed E-state index contributed by atoms with van der Waals surface area (Å²) in [5.74, 6) is -2.03. The molecule has 0 saturated carbocycles. The van der Waals surface area contributed by atoms with Crippen LogP contribution >= 0.6 is 0 Å². The Morgan fingerprint density at radius 2 is 1.34 bits per heavy atom. The molecule has 0 heterocycles. The van der Waals surface area contributed by atoms with Crippen LogP contribution in [0.2, 0.25) is 0 Å². The van der Waals surface area contributed by atoms with Crippen molar-refractivity contribution in [3.8, 4) is 0 Å². The topological polar surface area (TPSA) is 32.3 Å². The second-order valence-electron chi connectivity index (χ2n) is 7.77. The molecule has 0 amide bonds. The van der Waals surface area contributed by atoms with Gasteiger partial charge in [0, 0.05) is 6.54 Å². The van der Waals surface area contributed by atoms with Crippen LogP contribution in [-0.2, 0) is 11.7 Å². The Morgan fingerprint density at radius 3 is 1.89 bits per heavy atom. The fourth-order valence-electron chi connectivity index (χ4n) is 3.72. The molecule has 3 rings (SSSR count). The number of hydrogen-bond acceptors (Lipinski definition) is 2. The van der Waals surface area contributed by atoms with Crippen molar-refractivity contribution >= 4 is 5.57 Å². The van der Waals surface area contributed by atoms with Gasteiger partial charge < -0.3 is 5.11 Å². The summed E-state index contributed by atoms with van der Waals surface area (Å²) in [4.78, 5) is 0. The second-order valence-corrected chi connectivity index (χ2v) is 7.77. The molecular formula is C25H19F8NO. The van der Waals surface area contributed by atoms with Gasteiger partial charge >= 0.3 is 12.4 Å². The predicted molar refractivity (Wildman–Crippen MR) is 114 cm³/mol. The Hall–Kier alpha value is -3.24. The highest BCUT2D eigenvalue weighted by molar-refractivity contribution is 5.77. The molecule has 0 aliphatic heterocycles. The zero-order valence-electron chi connectivity index (χ0n) is 17.9. The zero-order chi connectivity index (χ0) is 26.0. The molecule has 0 unspecified atom stereocenters. The van der Waals surface area contributed by atoms with Crippen LogP contribution in [-0.4, -0.2) is 23.9 Å². The minimum atomic E-state index is -5.06. The first-order valence-electron chi connectivity index (χ1n) is 10.1. The minimum Gasteiger partial charge on any atom is -0.382 e. The third-order valence-electron chi connectivity index (χ3n) is 5.45. The minimum absolute atomic E-state index is 0.0270. The van der Waals surface area contributed by atoms with E-state index >= 15 is 0 Å². The van der Waals surface area contributed by atoms with Crippen molar-refractivity contribution < 1.29 is 40.2 Å². The number of benzene rings is 3. The molecule has 2 nitrogen and oxygen atoms in total. The Bertz CT molecular complexity index is 1170. The fraction of sp³-hybridized carbons (Fsp3) is 0.200. The summed E-state index contributed by atoms with van der Waals surface area (Å²) < 4.78 is 108. The predicted octanol–water partition coefficient (Wildman–Crippen LogP) is 6.45. The van der Waals surface area contributed by atoms with Gasteiger partial charge in [0.15, 0.2) is 6.10 Å². The second kappa shape index (κ2) is 9.79. The first kappa shape index (κ1) is 26.4. The monoisotopic (exact) mass is 501 g/mol. The number of rotatable bonds is 7. The molecule has 0 aliphatic carbocycles. The fourth-order valence-corrected chi connectivity index (χ4v) is 3.72. The van der Waals surface area contributed by atoms with Crippen LogP contribution in [0.3, 0.4) is 0 Å². The molecule has 0 aliphatic rings. The smallest absolute Gasteiger partial charge is 0.382 e. The highest BCUT2D eigenvalue weighted by atomic mass is 19.4. The summed E-state index contributed by atoms with van der Waals surface area (Å²) in [6.07, 6.45) is -13.0. The van der Waals surface area contributed by atoms with E-state index < -0.39 is 53.3 Å². The average Bonchev–Trinajstić information content (AvgIpc) is 2.79. The maximum atomic E-state index is 14.5. The standard InChI is InChI=1S/C25H19F8NO/c1-15(16-5-3-2-4-6-16)23(17-7-9-20(26)10-8-17,34-14-22(35)25(31,32)33)18-11-19(24(28,29)30)13-21(27)12-18/h2-13,22,34-35H,1,14H2/t22-,23-/m1/s1. The summed E-state index contributed by atoms with van der Waals surface area (Å²) in [7, 11) is 0. The molecule has 0 fully saturated rings. The molecule has 0 aromatic heterocycles. The number of halogens is 8. The van der Waals surface area contributed by atoms with Gasteiger partial charge in [0.1, 0.15) is 11.6 Å². The molecule has 186 valence electrons. The number of hydrogen-bond donors (Lipinski definition) is 2. The van der Waals surface area contributed by atoms with Crippen LogP contribution in [0.4, 0.5) is 35.1 Å². The SMILES string of the molecule is C=C(c1ccccc1)[C@@](NC[C@@H](O)C(F)(F)F)(c1ccc(F)cc1)c1cc(F)cc(C(F)(F)F)c1. The van der Waals surface area contributed by atoms with Gasteiger partial charge in [-0.25, -0.2) is 8.78 Å². The highest BCUT2D eigenvalue weighted by Gasteiger charge is 2.44. The first-order valence-corrected chi connectivity index (χ1v) is 10.1. The van der Waals surface area contributed by atoms with Crippen molar-refractivity contribution in [1.29, 1.82) is 0 Å². The van der Waals surface area contributed by atoms with E-state index in [0.717, 1.165) is 30.3 Å². The van der Waals surface area contributed by atoms with Gasteiger partial charge in [0.05, 0.1) is 11.1 Å². The van der Waals surface area contributed by atoms with E-state index in [1.54, 1.807) is 18.2 Å². The van der Waals surface area contributed by atoms with E-state index in [9.17, 15) is 40.2 Å². The number of aliphatic hydroxyl groups is 1. The largest absolute Gasteiger partial charge is 0.416 e. The number of aliphatic hydroxyl groups excluding tert-OH is 1. The van der Waals surface area contributed by atoms with Crippen LogP contribution in [0.15, 0.2) is 79.4 Å². The Morgan fingerprint density at radius 1 is 0.771 bits per heavy atom. The van der Waals surface area contributed by atoms with E-state index in [4.69, 9.17) is 0 Å². The third-order valence-corrected chi connectivity index (χ3v) is 5.45. The van der Waals surface area contributed by atoms with Crippen molar-refractivity contribution in [1.82, 2.24) is 5.32 Å². The van der Waals surface area contributed by atoms with Crippen LogP contribution in [0.5, 0.6) is 0 Å². The lowest BCUT2D eigenvalue weighted by molar-refractivity contribution is -0.202.